The summed E-state index contributed by atoms with van der Waals surface area (Å²) in [6.45, 7) is 3.60. The van der Waals surface area contributed by atoms with Crippen LogP contribution in [-0.2, 0) is 33.2 Å². The second kappa shape index (κ2) is 37.3. The second-order valence-corrected chi connectivity index (χ2v) is 17.3. The summed E-state index contributed by atoms with van der Waals surface area (Å²) in [5.41, 5.74) is 0. The van der Waals surface area contributed by atoms with Gasteiger partial charge in [0.25, 0.3) is 0 Å². The number of ether oxygens (including phenoxy) is 6. The van der Waals surface area contributed by atoms with Crippen LogP contribution in [-0.4, -0.2) is 142 Å². The van der Waals surface area contributed by atoms with Crippen LogP contribution in [0.3, 0.4) is 0 Å². The summed E-state index contributed by atoms with van der Waals surface area (Å²) in [5.74, 6) is -0.393. The van der Waals surface area contributed by atoms with Gasteiger partial charge in [-0.3, -0.25) is 4.79 Å². The monoisotopic (exact) mass is 901 g/mol. The minimum absolute atomic E-state index is 0.0520. The number of carbonyl (C=O) groups excluding carboxylic acids is 1. The number of unbranched alkanes of at least 4 members (excludes halogenated alkanes) is 18. The van der Waals surface area contributed by atoms with Crippen LogP contribution < -0.4 is 0 Å². The molecule has 0 spiro atoms. The Hall–Kier alpha value is -1.79. The lowest BCUT2D eigenvalue weighted by Crippen LogP contribution is -2.61. The minimum atomic E-state index is -1.71. The van der Waals surface area contributed by atoms with Crippen LogP contribution in [0.25, 0.3) is 0 Å². The largest absolute Gasteiger partial charge is 0.457 e. The lowest BCUT2D eigenvalue weighted by molar-refractivity contribution is -0.332. The molecule has 0 aliphatic carbocycles. The third-order valence-electron chi connectivity index (χ3n) is 11.6. The summed E-state index contributed by atoms with van der Waals surface area (Å²) in [7, 11) is 0. The van der Waals surface area contributed by atoms with Gasteiger partial charge in [-0.25, -0.2) is 0 Å². The van der Waals surface area contributed by atoms with E-state index < -0.39 is 86.7 Å². The van der Waals surface area contributed by atoms with E-state index in [1.807, 2.05) is 0 Å². The Morgan fingerprint density at radius 2 is 1.00 bits per heavy atom. The van der Waals surface area contributed by atoms with Crippen molar-refractivity contribution in [1.29, 1.82) is 0 Å². The number of esters is 1. The van der Waals surface area contributed by atoms with Gasteiger partial charge in [0.15, 0.2) is 12.6 Å². The average molecular weight is 901 g/mol. The normalized spacial score (nSPS) is 27.3. The van der Waals surface area contributed by atoms with Crippen LogP contribution in [0.5, 0.6) is 0 Å². The summed E-state index contributed by atoms with van der Waals surface area (Å²) in [6.07, 6.45) is 23.5. The molecule has 2 heterocycles. The molecule has 2 aliphatic heterocycles. The zero-order valence-electron chi connectivity index (χ0n) is 38.8. The Kier molecular flexibility index (Phi) is 34.0. The zero-order chi connectivity index (χ0) is 45.9. The molecule has 368 valence electrons. The lowest BCUT2D eigenvalue weighted by atomic mass is 9.98. The number of rotatable bonds is 38. The van der Waals surface area contributed by atoms with Gasteiger partial charge in [0.2, 0.25) is 0 Å². The smallest absolute Gasteiger partial charge is 0.306 e. The van der Waals surface area contributed by atoms with Gasteiger partial charge in [0.05, 0.1) is 26.4 Å². The first-order valence-corrected chi connectivity index (χ1v) is 24.6. The number of carbonyl (C=O) groups is 1. The molecule has 2 rings (SSSR count). The third kappa shape index (κ3) is 25.6. The molecule has 14 heteroatoms. The van der Waals surface area contributed by atoms with E-state index in [0.717, 1.165) is 70.6 Å². The molecule has 0 amide bonds. The van der Waals surface area contributed by atoms with Gasteiger partial charge in [-0.15, -0.1) is 0 Å². The Bertz CT molecular complexity index is 1180. The van der Waals surface area contributed by atoms with E-state index in [2.05, 4.69) is 50.3 Å². The molecule has 7 N–H and O–H groups in total. The van der Waals surface area contributed by atoms with E-state index in [1.165, 1.54) is 70.6 Å². The lowest BCUT2D eigenvalue weighted by Gasteiger charge is -2.42. The van der Waals surface area contributed by atoms with E-state index in [4.69, 9.17) is 28.4 Å². The number of allylic oxidation sites excluding steroid dienone is 6. The van der Waals surface area contributed by atoms with Gasteiger partial charge in [-0.1, -0.05) is 134 Å². The molecule has 11 atom stereocenters. The molecule has 2 aliphatic rings. The van der Waals surface area contributed by atoms with Gasteiger partial charge in [0, 0.05) is 13.0 Å². The van der Waals surface area contributed by atoms with Crippen molar-refractivity contribution in [2.75, 3.05) is 33.0 Å². The Balaban J connectivity index is 1.80. The molecule has 2 fully saturated rings. The van der Waals surface area contributed by atoms with E-state index >= 15 is 0 Å². The van der Waals surface area contributed by atoms with Crippen LogP contribution in [0.4, 0.5) is 0 Å². The van der Waals surface area contributed by atoms with Crippen LogP contribution in [0, 0.1) is 0 Å². The van der Waals surface area contributed by atoms with Crippen molar-refractivity contribution >= 4 is 5.97 Å². The molecule has 0 aromatic carbocycles. The maximum atomic E-state index is 13.0. The first-order valence-electron chi connectivity index (χ1n) is 24.6. The van der Waals surface area contributed by atoms with Gasteiger partial charge in [0.1, 0.15) is 54.9 Å². The van der Waals surface area contributed by atoms with Crippen LogP contribution in [0.15, 0.2) is 36.5 Å². The molecule has 0 aromatic heterocycles. The molecule has 14 nitrogen and oxygen atoms in total. The van der Waals surface area contributed by atoms with E-state index in [1.54, 1.807) is 0 Å². The highest BCUT2D eigenvalue weighted by Gasteiger charge is 2.47. The van der Waals surface area contributed by atoms with Gasteiger partial charge >= 0.3 is 5.97 Å². The molecular weight excluding hydrogens is 813 g/mol. The quantitative estimate of drug-likeness (QED) is 0.0197. The van der Waals surface area contributed by atoms with Gasteiger partial charge in [-0.05, 0) is 64.2 Å². The van der Waals surface area contributed by atoms with Gasteiger partial charge in [-0.2, -0.15) is 0 Å². The average Bonchev–Trinajstić information content (AvgIpc) is 3.28. The van der Waals surface area contributed by atoms with E-state index in [9.17, 15) is 40.5 Å². The SMILES string of the molecule is CCCC/C=C\C/C=C\CCCCCCCC(=O)OC(COCCCCCCCC/C=C\CCCCCCC)COC1OC(COC2OC(CO)C(O)C(O)C2O)C(O)C(O)C1O. The Morgan fingerprint density at radius 3 is 1.59 bits per heavy atom. The fourth-order valence-corrected chi connectivity index (χ4v) is 7.53. The Labute approximate surface area is 379 Å². The van der Waals surface area contributed by atoms with Crippen LogP contribution in [0.1, 0.15) is 168 Å². The summed E-state index contributed by atoms with van der Waals surface area (Å²) in [5, 5.41) is 72.0. The van der Waals surface area contributed by atoms with Crippen molar-refractivity contribution in [3.8, 4) is 0 Å². The third-order valence-corrected chi connectivity index (χ3v) is 11.6. The van der Waals surface area contributed by atoms with Crippen molar-refractivity contribution in [2.24, 2.45) is 0 Å². The van der Waals surface area contributed by atoms with Crippen molar-refractivity contribution in [1.82, 2.24) is 0 Å². The second-order valence-electron chi connectivity index (χ2n) is 17.3. The molecule has 0 saturated carbocycles. The van der Waals surface area contributed by atoms with Crippen molar-refractivity contribution in [2.45, 2.75) is 235 Å². The fraction of sp³-hybridized carbons (Fsp3) is 0.857. The van der Waals surface area contributed by atoms with Crippen molar-refractivity contribution < 1.29 is 69.0 Å². The molecule has 0 radical (unpaired) electrons. The van der Waals surface area contributed by atoms with Crippen molar-refractivity contribution in [3.05, 3.63) is 36.5 Å². The van der Waals surface area contributed by atoms with E-state index in [0.29, 0.717) is 13.0 Å². The standard InChI is InChI=1S/C49H88O14/c1-3-5-7-9-11-13-15-17-19-21-23-25-27-29-31-33-58-35-38(61-41(51)32-30-28-26-24-22-20-18-16-14-12-10-8-6-4-2)36-59-48-47(57)45(55)43(53)40(63-48)37-60-49-46(56)44(54)42(52)39(34-50)62-49/h10,12,15-18,38-40,42-50,52-57H,3-9,11,13-14,19-37H2,1-2H3/b12-10-,17-15-,18-16-. The molecular formula is C49H88O14. The highest BCUT2D eigenvalue weighted by Crippen LogP contribution is 2.26. The molecule has 63 heavy (non-hydrogen) atoms. The van der Waals surface area contributed by atoms with Gasteiger partial charge < -0.3 is 64.2 Å². The predicted octanol–water partition coefficient (Wildman–Crippen LogP) is 6.63. The molecule has 0 bridgehead atoms. The first-order chi connectivity index (χ1) is 30.6. The summed E-state index contributed by atoms with van der Waals surface area (Å²) >= 11 is 0. The summed E-state index contributed by atoms with van der Waals surface area (Å²) in [4.78, 5) is 13.0. The molecule has 2 saturated heterocycles. The topological polar surface area (TPSA) is 214 Å². The predicted molar refractivity (Wildman–Crippen MR) is 243 cm³/mol. The fourth-order valence-electron chi connectivity index (χ4n) is 7.53. The highest BCUT2D eigenvalue weighted by molar-refractivity contribution is 5.69. The first kappa shape index (κ1) is 57.3. The van der Waals surface area contributed by atoms with Crippen LogP contribution in [0.2, 0.25) is 0 Å². The van der Waals surface area contributed by atoms with Crippen molar-refractivity contribution in [3.63, 3.8) is 0 Å². The molecule has 11 unspecified atom stereocenters. The number of aliphatic hydroxyl groups excluding tert-OH is 7. The molecule has 0 aromatic rings. The highest BCUT2D eigenvalue weighted by atomic mass is 16.7. The maximum Gasteiger partial charge on any atom is 0.306 e. The summed E-state index contributed by atoms with van der Waals surface area (Å²) < 4.78 is 34.2. The summed E-state index contributed by atoms with van der Waals surface area (Å²) in [6, 6.07) is 0. The minimum Gasteiger partial charge on any atom is -0.457 e. The van der Waals surface area contributed by atoms with Crippen LogP contribution >= 0.6 is 0 Å². The zero-order valence-corrected chi connectivity index (χ0v) is 38.8. The number of hydrogen-bond donors (Lipinski definition) is 7. The maximum absolute atomic E-state index is 13.0. The number of hydrogen-bond acceptors (Lipinski definition) is 14. The number of aliphatic hydroxyl groups is 7. The van der Waals surface area contributed by atoms with E-state index in [-0.39, 0.29) is 19.6 Å². The Morgan fingerprint density at radius 1 is 0.524 bits per heavy atom.